The molecule has 0 saturated heterocycles. The maximum atomic E-state index is 13.2. The van der Waals surface area contributed by atoms with Gasteiger partial charge in [0, 0.05) is 13.0 Å². The van der Waals surface area contributed by atoms with E-state index in [1.807, 2.05) is 10.6 Å². The van der Waals surface area contributed by atoms with Crippen LogP contribution < -0.4 is 10.6 Å². The van der Waals surface area contributed by atoms with Gasteiger partial charge in [-0.1, -0.05) is 6.07 Å². The van der Waals surface area contributed by atoms with Gasteiger partial charge in [0.1, 0.15) is 23.4 Å². The fourth-order valence-electron chi connectivity index (χ4n) is 1.31. The molecule has 2 amide bonds. The molecule has 0 aliphatic rings. The maximum absolute atomic E-state index is 13.2. The largest absolute Gasteiger partial charge is 0.480 e. The molecule has 0 radical (unpaired) electrons. The molecule has 1 unspecified atom stereocenters. The van der Waals surface area contributed by atoms with E-state index in [2.05, 4.69) is 0 Å². The van der Waals surface area contributed by atoms with Crippen molar-refractivity contribution in [3.05, 3.63) is 29.8 Å². The lowest BCUT2D eigenvalue weighted by Gasteiger charge is -2.14. The first-order chi connectivity index (χ1) is 8.95. The lowest BCUT2D eigenvalue weighted by Crippen LogP contribution is -2.43. The second-order valence-electron chi connectivity index (χ2n) is 3.60. The molecule has 4 N–H and O–H groups in total. The number of aliphatic carboxylic acids is 1. The van der Waals surface area contributed by atoms with E-state index in [1.165, 1.54) is 0 Å². The Hall–Kier alpha value is -2.22. The van der Waals surface area contributed by atoms with Crippen molar-refractivity contribution in [3.63, 3.8) is 0 Å². The number of carbonyl (C=O) groups excluding carboxylic acids is 1. The van der Waals surface area contributed by atoms with E-state index in [4.69, 9.17) is 10.2 Å². The van der Waals surface area contributed by atoms with Gasteiger partial charge in [-0.05, 0) is 12.1 Å². The Kier molecular flexibility index (Phi) is 5.19. The molecule has 19 heavy (non-hydrogen) atoms. The van der Waals surface area contributed by atoms with Crippen LogP contribution in [0.5, 0.6) is 0 Å². The van der Waals surface area contributed by atoms with Crippen LogP contribution in [0, 0.1) is 11.6 Å². The molecule has 1 aromatic rings. The number of aliphatic hydroxyl groups excluding tert-OH is 1. The molecule has 0 aromatic heterocycles. The molecule has 1 rings (SSSR count). The van der Waals surface area contributed by atoms with Gasteiger partial charge in [0.05, 0.1) is 0 Å². The summed E-state index contributed by atoms with van der Waals surface area (Å²) in [5.41, 5.74) is -0.673. The minimum Gasteiger partial charge on any atom is -0.480 e. The van der Waals surface area contributed by atoms with E-state index in [9.17, 15) is 18.4 Å². The molecule has 8 heteroatoms. The van der Waals surface area contributed by atoms with Crippen LogP contribution in [0.15, 0.2) is 18.2 Å². The van der Waals surface area contributed by atoms with Crippen LogP contribution in [0.25, 0.3) is 0 Å². The molecule has 1 atom stereocenters. The number of hydrogen-bond acceptors (Lipinski definition) is 3. The fraction of sp³-hybridized carbons (Fsp3) is 0.273. The Bertz CT molecular complexity index is 462. The molecular formula is C11H12F2N2O4. The highest BCUT2D eigenvalue weighted by atomic mass is 19.1. The number of carbonyl (C=O) groups is 2. The van der Waals surface area contributed by atoms with Crippen molar-refractivity contribution in [3.8, 4) is 0 Å². The van der Waals surface area contributed by atoms with Crippen molar-refractivity contribution in [2.75, 3.05) is 11.9 Å². The van der Waals surface area contributed by atoms with Gasteiger partial charge < -0.3 is 20.8 Å². The number of nitrogens with one attached hydrogen (secondary N) is 2. The molecule has 0 aliphatic heterocycles. The third-order valence-corrected chi connectivity index (χ3v) is 2.22. The number of halogens is 2. The lowest BCUT2D eigenvalue weighted by atomic mass is 10.2. The van der Waals surface area contributed by atoms with Gasteiger partial charge in [0.25, 0.3) is 0 Å². The summed E-state index contributed by atoms with van der Waals surface area (Å²) in [6, 6.07) is 0.589. The second kappa shape index (κ2) is 6.64. The Morgan fingerprint density at radius 2 is 1.84 bits per heavy atom. The third-order valence-electron chi connectivity index (χ3n) is 2.22. The summed E-state index contributed by atoms with van der Waals surface area (Å²) in [6.07, 6.45) is -0.220. The Balaban J connectivity index is 2.72. The van der Waals surface area contributed by atoms with Crippen molar-refractivity contribution in [1.82, 2.24) is 5.32 Å². The van der Waals surface area contributed by atoms with Crippen molar-refractivity contribution in [2.24, 2.45) is 0 Å². The SMILES string of the molecule is O=C(Nc1c(F)cccc1F)NC(CCO)C(=O)O. The van der Waals surface area contributed by atoms with Crippen LogP contribution in [0.2, 0.25) is 0 Å². The Morgan fingerprint density at radius 1 is 1.26 bits per heavy atom. The summed E-state index contributed by atoms with van der Waals surface area (Å²) in [5.74, 6) is -3.33. The highest BCUT2D eigenvalue weighted by Crippen LogP contribution is 2.17. The number of carboxylic acid groups (broad SMARTS) is 1. The molecule has 104 valence electrons. The third kappa shape index (κ3) is 4.18. The predicted octanol–water partition coefficient (Wildman–Crippen LogP) is 0.922. The zero-order valence-corrected chi connectivity index (χ0v) is 9.69. The highest BCUT2D eigenvalue weighted by molar-refractivity contribution is 5.92. The van der Waals surface area contributed by atoms with E-state index in [-0.39, 0.29) is 6.42 Å². The molecule has 0 heterocycles. The monoisotopic (exact) mass is 274 g/mol. The Labute approximate surface area is 107 Å². The number of aliphatic hydroxyl groups is 1. The number of anilines is 1. The van der Waals surface area contributed by atoms with Gasteiger partial charge in [-0.15, -0.1) is 0 Å². The molecule has 0 spiro atoms. The van der Waals surface area contributed by atoms with Crippen molar-refractivity contribution < 1.29 is 28.6 Å². The summed E-state index contributed by atoms with van der Waals surface area (Å²) in [5, 5.41) is 21.2. The maximum Gasteiger partial charge on any atom is 0.326 e. The number of benzene rings is 1. The zero-order valence-electron chi connectivity index (χ0n) is 9.69. The predicted molar refractivity (Wildman–Crippen MR) is 61.6 cm³/mol. The van der Waals surface area contributed by atoms with Gasteiger partial charge >= 0.3 is 12.0 Å². The number of para-hydroxylation sites is 1. The van der Waals surface area contributed by atoms with E-state index in [0.717, 1.165) is 18.2 Å². The lowest BCUT2D eigenvalue weighted by molar-refractivity contribution is -0.139. The summed E-state index contributed by atoms with van der Waals surface area (Å²) in [7, 11) is 0. The topological polar surface area (TPSA) is 98.7 Å². The first-order valence-electron chi connectivity index (χ1n) is 5.31. The number of carboxylic acids is 1. The summed E-state index contributed by atoms with van der Waals surface area (Å²) in [4.78, 5) is 22.1. The second-order valence-corrected chi connectivity index (χ2v) is 3.60. The van der Waals surface area contributed by atoms with Gasteiger partial charge in [-0.2, -0.15) is 0 Å². The van der Waals surface area contributed by atoms with Gasteiger partial charge in [-0.25, -0.2) is 18.4 Å². The standard InChI is InChI=1S/C11H12F2N2O4/c12-6-2-1-3-7(13)9(6)15-11(19)14-8(4-5-16)10(17)18/h1-3,8,16H,4-5H2,(H,17,18)(H2,14,15,19). The number of amides is 2. The zero-order chi connectivity index (χ0) is 14.4. The van der Waals surface area contributed by atoms with Gasteiger partial charge in [0.15, 0.2) is 0 Å². The summed E-state index contributed by atoms with van der Waals surface area (Å²) < 4.78 is 26.4. The molecule has 1 aromatic carbocycles. The molecule has 0 bridgehead atoms. The van der Waals surface area contributed by atoms with E-state index >= 15 is 0 Å². The number of urea groups is 1. The molecular weight excluding hydrogens is 262 g/mol. The summed E-state index contributed by atoms with van der Waals surface area (Å²) >= 11 is 0. The first-order valence-corrected chi connectivity index (χ1v) is 5.31. The Morgan fingerprint density at radius 3 is 2.32 bits per heavy atom. The minimum absolute atomic E-state index is 0.220. The van der Waals surface area contributed by atoms with E-state index < -0.39 is 42.0 Å². The van der Waals surface area contributed by atoms with Crippen LogP contribution in [0.3, 0.4) is 0 Å². The van der Waals surface area contributed by atoms with Crippen LogP contribution in [-0.2, 0) is 4.79 Å². The molecule has 0 saturated carbocycles. The van der Waals surface area contributed by atoms with Crippen LogP contribution in [0.4, 0.5) is 19.3 Å². The quantitative estimate of drug-likeness (QED) is 0.641. The van der Waals surface area contributed by atoms with Crippen LogP contribution in [-0.4, -0.2) is 34.9 Å². The van der Waals surface area contributed by atoms with Crippen molar-refractivity contribution in [1.29, 1.82) is 0 Å². The number of rotatable bonds is 5. The first kappa shape index (κ1) is 14.8. The smallest absolute Gasteiger partial charge is 0.326 e. The minimum atomic E-state index is -1.36. The highest BCUT2D eigenvalue weighted by Gasteiger charge is 2.20. The van der Waals surface area contributed by atoms with Crippen molar-refractivity contribution >= 4 is 17.7 Å². The normalized spacial score (nSPS) is 11.7. The average Bonchev–Trinajstić information content (AvgIpc) is 2.33. The number of hydrogen-bond donors (Lipinski definition) is 4. The van der Waals surface area contributed by atoms with Gasteiger partial charge in [0.2, 0.25) is 0 Å². The van der Waals surface area contributed by atoms with Crippen LogP contribution >= 0.6 is 0 Å². The van der Waals surface area contributed by atoms with E-state index in [1.54, 1.807) is 0 Å². The average molecular weight is 274 g/mol. The van der Waals surface area contributed by atoms with Crippen LogP contribution in [0.1, 0.15) is 6.42 Å². The van der Waals surface area contributed by atoms with E-state index in [0.29, 0.717) is 0 Å². The fourth-order valence-corrected chi connectivity index (χ4v) is 1.31. The molecule has 6 nitrogen and oxygen atoms in total. The summed E-state index contributed by atoms with van der Waals surface area (Å²) in [6.45, 7) is -0.453. The van der Waals surface area contributed by atoms with Gasteiger partial charge in [-0.3, -0.25) is 0 Å². The van der Waals surface area contributed by atoms with Crippen molar-refractivity contribution in [2.45, 2.75) is 12.5 Å². The molecule has 0 aliphatic carbocycles. The molecule has 0 fully saturated rings.